The molecule has 7 nitrogen and oxygen atoms in total. The Kier molecular flexibility index (Phi) is 5.79. The van der Waals surface area contributed by atoms with Gasteiger partial charge < -0.3 is 14.7 Å². The van der Waals surface area contributed by atoms with Crippen LogP contribution in [0.25, 0.3) is 0 Å². The van der Waals surface area contributed by atoms with E-state index in [1.165, 1.54) is 12.3 Å². The maximum Gasteiger partial charge on any atom is 0.278 e. The number of rotatable bonds is 2. The van der Waals surface area contributed by atoms with Gasteiger partial charge in [0.25, 0.3) is 5.91 Å². The molecular weight excluding hydrogens is 454 g/mol. The van der Waals surface area contributed by atoms with Crippen molar-refractivity contribution in [3.63, 3.8) is 0 Å². The van der Waals surface area contributed by atoms with Crippen LogP contribution in [0.5, 0.6) is 11.5 Å². The van der Waals surface area contributed by atoms with Gasteiger partial charge in [0.05, 0.1) is 6.04 Å². The zero-order valence-electron chi connectivity index (χ0n) is 18.6. The number of benzene rings is 2. The second kappa shape index (κ2) is 8.91. The topological polar surface area (TPSA) is 75.0 Å². The number of hydrogen-bond acceptors (Lipinski definition) is 5. The van der Waals surface area contributed by atoms with E-state index in [1.54, 1.807) is 21.7 Å². The van der Waals surface area contributed by atoms with Crippen molar-refractivity contribution in [1.29, 1.82) is 0 Å². The number of carbonyl (C=O) groups is 1. The lowest BCUT2D eigenvalue weighted by atomic mass is 9.97. The number of carbonyl (C=O) groups excluding carboxylic acids is 1. The monoisotopic (exact) mass is 477 g/mol. The van der Waals surface area contributed by atoms with Crippen LogP contribution in [-0.2, 0) is 0 Å². The van der Waals surface area contributed by atoms with Gasteiger partial charge in [0, 0.05) is 22.8 Å². The number of fused-ring (bicyclic) bond motifs is 5. The summed E-state index contributed by atoms with van der Waals surface area (Å²) in [6, 6.07) is 16.0. The zero-order valence-corrected chi connectivity index (χ0v) is 19.4. The highest BCUT2D eigenvalue weighted by Gasteiger charge is 2.39. The highest BCUT2D eigenvalue weighted by atomic mass is 35.5. The lowest BCUT2D eigenvalue weighted by molar-refractivity contribution is 0.0626. The first-order valence-electron chi connectivity index (χ1n) is 11.2. The van der Waals surface area contributed by atoms with Crippen LogP contribution in [0.3, 0.4) is 0 Å². The SMILES string of the molecule is CC[C@@H]1/C=C\COc2cc(Cl)ccc2[C@@H](c2ccccc2)N2CN1C(=O)c1c(O)c(=O)ccn12. The highest BCUT2D eigenvalue weighted by Crippen LogP contribution is 2.38. The predicted octanol–water partition coefficient (Wildman–Crippen LogP) is 4.08. The summed E-state index contributed by atoms with van der Waals surface area (Å²) in [5.74, 6) is -0.335. The number of hydrogen-bond donors (Lipinski definition) is 1. The molecule has 3 aromatic rings. The molecule has 2 atom stereocenters. The van der Waals surface area contributed by atoms with E-state index >= 15 is 0 Å². The van der Waals surface area contributed by atoms with Gasteiger partial charge in [0.1, 0.15) is 25.1 Å². The number of nitrogens with zero attached hydrogens (tertiary/aromatic N) is 3. The van der Waals surface area contributed by atoms with Crippen LogP contribution in [0, 0.1) is 0 Å². The molecule has 5 rings (SSSR count). The Bertz CT molecular complexity index is 1320. The van der Waals surface area contributed by atoms with E-state index < -0.39 is 23.1 Å². The van der Waals surface area contributed by atoms with Crippen molar-refractivity contribution in [3.8, 4) is 11.5 Å². The molecule has 2 aliphatic heterocycles. The highest BCUT2D eigenvalue weighted by molar-refractivity contribution is 6.30. The van der Waals surface area contributed by atoms with E-state index in [1.807, 2.05) is 60.5 Å². The fourth-order valence-corrected chi connectivity index (χ4v) is 4.80. The fraction of sp³-hybridized carbons (Fsp3) is 0.231. The number of halogens is 1. The summed E-state index contributed by atoms with van der Waals surface area (Å²) >= 11 is 6.32. The minimum atomic E-state index is -0.596. The van der Waals surface area contributed by atoms with E-state index in [4.69, 9.17) is 16.3 Å². The summed E-state index contributed by atoms with van der Waals surface area (Å²) in [6.07, 6.45) is 6.00. The summed E-state index contributed by atoms with van der Waals surface area (Å²) < 4.78 is 7.72. The van der Waals surface area contributed by atoms with Gasteiger partial charge >= 0.3 is 0 Å². The lowest BCUT2D eigenvalue weighted by Crippen LogP contribution is -2.57. The van der Waals surface area contributed by atoms with Crippen molar-refractivity contribution < 1.29 is 14.6 Å². The molecule has 0 spiro atoms. The van der Waals surface area contributed by atoms with Crippen molar-refractivity contribution in [2.24, 2.45) is 0 Å². The smallest absolute Gasteiger partial charge is 0.278 e. The Labute approximate surface area is 202 Å². The van der Waals surface area contributed by atoms with E-state index in [-0.39, 0.29) is 18.4 Å². The summed E-state index contributed by atoms with van der Waals surface area (Å²) in [5.41, 5.74) is 1.15. The van der Waals surface area contributed by atoms with Gasteiger partial charge in [0.2, 0.25) is 5.43 Å². The van der Waals surface area contributed by atoms with Crippen LogP contribution in [0.1, 0.15) is 41.0 Å². The molecule has 1 amide bonds. The minimum absolute atomic E-state index is 0.0535. The fourth-order valence-electron chi connectivity index (χ4n) is 4.63. The Balaban J connectivity index is 1.82. The van der Waals surface area contributed by atoms with Gasteiger partial charge in [-0.05, 0) is 30.2 Å². The number of amides is 1. The molecule has 0 saturated heterocycles. The van der Waals surface area contributed by atoms with Crippen LogP contribution in [0.2, 0.25) is 5.02 Å². The molecule has 174 valence electrons. The summed E-state index contributed by atoms with van der Waals surface area (Å²) in [5, 5.41) is 13.2. The van der Waals surface area contributed by atoms with Crippen molar-refractivity contribution in [1.82, 2.24) is 9.58 Å². The van der Waals surface area contributed by atoms with E-state index in [9.17, 15) is 14.7 Å². The normalized spacial score (nSPS) is 20.6. The zero-order chi connectivity index (χ0) is 23.8. The van der Waals surface area contributed by atoms with Gasteiger partial charge in [-0.25, -0.2) is 0 Å². The lowest BCUT2D eigenvalue weighted by Gasteiger charge is -2.45. The van der Waals surface area contributed by atoms with Crippen molar-refractivity contribution >= 4 is 17.5 Å². The largest absolute Gasteiger partial charge is 0.502 e. The Morgan fingerprint density at radius 1 is 1.12 bits per heavy atom. The third kappa shape index (κ3) is 3.72. The molecule has 2 aliphatic rings. The minimum Gasteiger partial charge on any atom is -0.502 e. The first-order valence-corrected chi connectivity index (χ1v) is 11.5. The first-order chi connectivity index (χ1) is 16.5. The first kappa shape index (κ1) is 22.1. The summed E-state index contributed by atoms with van der Waals surface area (Å²) in [6.45, 7) is 2.53. The Morgan fingerprint density at radius 2 is 1.91 bits per heavy atom. The standard InChI is InChI=1S/C26H24ClN3O4/c1-2-19-9-6-14-34-22-15-18(27)10-11-20(22)23(17-7-4-3-5-8-17)30-16-28(19)26(33)24-25(32)21(31)12-13-29(24)30/h3-13,15,19,23,32H,2,14,16H2,1H3/b9-6-/t19-,23-/m1/s1. The average molecular weight is 478 g/mol. The molecule has 0 saturated carbocycles. The third-order valence-electron chi connectivity index (χ3n) is 6.29. The van der Waals surface area contributed by atoms with Crippen LogP contribution < -0.4 is 15.2 Å². The van der Waals surface area contributed by atoms with Crippen LogP contribution in [0.15, 0.2) is 77.7 Å². The van der Waals surface area contributed by atoms with Gasteiger partial charge in [0.15, 0.2) is 11.4 Å². The summed E-state index contributed by atoms with van der Waals surface area (Å²) in [7, 11) is 0. The van der Waals surface area contributed by atoms with Crippen molar-refractivity contribution in [3.05, 3.63) is 105 Å². The third-order valence-corrected chi connectivity index (χ3v) is 6.52. The summed E-state index contributed by atoms with van der Waals surface area (Å²) in [4.78, 5) is 27.6. The number of pyridine rings is 1. The van der Waals surface area contributed by atoms with Gasteiger partial charge in [-0.2, -0.15) is 0 Å². The molecule has 3 heterocycles. The van der Waals surface area contributed by atoms with Crippen LogP contribution in [-0.4, -0.2) is 39.9 Å². The van der Waals surface area contributed by atoms with E-state index in [2.05, 4.69) is 0 Å². The molecule has 0 fully saturated rings. The number of aromatic hydroxyl groups is 1. The second-order valence-corrected chi connectivity index (χ2v) is 8.72. The molecule has 2 bridgehead atoms. The van der Waals surface area contributed by atoms with Crippen molar-refractivity contribution in [2.45, 2.75) is 25.4 Å². The van der Waals surface area contributed by atoms with Crippen LogP contribution >= 0.6 is 11.6 Å². The quantitative estimate of drug-likeness (QED) is 0.563. The molecule has 2 aromatic carbocycles. The Morgan fingerprint density at radius 3 is 2.68 bits per heavy atom. The van der Waals surface area contributed by atoms with Crippen molar-refractivity contribution in [2.75, 3.05) is 18.3 Å². The molecular formula is C26H24ClN3O4. The van der Waals surface area contributed by atoms with Crippen LogP contribution in [0.4, 0.5) is 0 Å². The average Bonchev–Trinajstić information content (AvgIpc) is 2.87. The maximum absolute atomic E-state index is 13.5. The van der Waals surface area contributed by atoms with E-state index in [0.717, 1.165) is 11.1 Å². The second-order valence-electron chi connectivity index (χ2n) is 8.29. The van der Waals surface area contributed by atoms with Gasteiger partial charge in [-0.15, -0.1) is 0 Å². The molecule has 8 heteroatoms. The molecule has 0 aliphatic carbocycles. The maximum atomic E-state index is 13.5. The van der Waals surface area contributed by atoms with Gasteiger partial charge in [-0.1, -0.05) is 61.0 Å². The molecule has 1 aromatic heterocycles. The predicted molar refractivity (Wildman–Crippen MR) is 130 cm³/mol. The molecule has 34 heavy (non-hydrogen) atoms. The van der Waals surface area contributed by atoms with Gasteiger partial charge in [-0.3, -0.25) is 19.3 Å². The molecule has 0 unspecified atom stereocenters. The number of ether oxygens (including phenoxy) is 1. The molecule has 0 radical (unpaired) electrons. The Hall–Kier alpha value is -3.71. The number of aromatic nitrogens is 1. The molecule has 1 N–H and O–H groups in total. The van der Waals surface area contributed by atoms with E-state index in [0.29, 0.717) is 23.8 Å².